The van der Waals surface area contributed by atoms with Gasteiger partial charge in [-0.05, 0) is 74.8 Å². The Morgan fingerprint density at radius 3 is 2.38 bits per heavy atom. The molecule has 3 nitrogen and oxygen atoms in total. The highest BCUT2D eigenvalue weighted by molar-refractivity contribution is 5.59. The summed E-state index contributed by atoms with van der Waals surface area (Å²) in [6, 6.07) is 3.76. The van der Waals surface area contributed by atoms with Gasteiger partial charge in [-0.25, -0.2) is 13.5 Å². The van der Waals surface area contributed by atoms with E-state index in [-0.39, 0.29) is 5.41 Å². The van der Waals surface area contributed by atoms with Crippen LogP contribution in [0.25, 0.3) is 5.69 Å². The van der Waals surface area contributed by atoms with Crippen LogP contribution < -0.4 is 5.32 Å². The fourth-order valence-electron chi connectivity index (χ4n) is 6.83. The average molecular weight is 355 g/mol. The Morgan fingerprint density at radius 1 is 1.04 bits per heavy atom. The van der Waals surface area contributed by atoms with E-state index in [0.717, 1.165) is 42.6 Å². The molecule has 1 aliphatic heterocycles. The molecule has 1 aromatic carbocycles. The zero-order valence-electron chi connectivity index (χ0n) is 14.8. The van der Waals surface area contributed by atoms with Crippen LogP contribution in [0.1, 0.15) is 49.8 Å². The van der Waals surface area contributed by atoms with Gasteiger partial charge >= 0.3 is 0 Å². The van der Waals surface area contributed by atoms with Crippen molar-refractivity contribution in [2.75, 3.05) is 11.9 Å². The zero-order valence-corrected chi connectivity index (χ0v) is 14.8. The molecule has 2 heterocycles. The van der Waals surface area contributed by atoms with E-state index in [4.69, 9.17) is 5.10 Å². The number of nitrogens with one attached hydrogen (secondary N) is 1. The van der Waals surface area contributed by atoms with Crippen molar-refractivity contribution >= 4 is 5.82 Å². The fraction of sp³-hybridized carbons (Fsp3) is 0.571. The summed E-state index contributed by atoms with van der Waals surface area (Å²) >= 11 is 0. The van der Waals surface area contributed by atoms with Crippen LogP contribution in [0.15, 0.2) is 18.2 Å². The molecule has 5 heteroatoms. The summed E-state index contributed by atoms with van der Waals surface area (Å²) in [6.07, 6.45) is 8.87. The molecule has 0 radical (unpaired) electrons. The molecule has 4 saturated carbocycles. The SMILES string of the molecule is Fc1ccc(-n2nc(C34CC5CC(CC(C5)C3)C4)c3c2NCC3)c(F)c1. The summed E-state index contributed by atoms with van der Waals surface area (Å²) in [5.41, 5.74) is 3.01. The van der Waals surface area contributed by atoms with Gasteiger partial charge in [-0.2, -0.15) is 5.10 Å². The van der Waals surface area contributed by atoms with Crippen molar-refractivity contribution in [3.63, 3.8) is 0 Å². The van der Waals surface area contributed by atoms with Crippen molar-refractivity contribution in [1.82, 2.24) is 9.78 Å². The van der Waals surface area contributed by atoms with Crippen molar-refractivity contribution in [3.8, 4) is 5.69 Å². The second kappa shape index (κ2) is 5.08. The van der Waals surface area contributed by atoms with Gasteiger partial charge in [0.15, 0.2) is 5.82 Å². The first kappa shape index (κ1) is 15.2. The second-order valence-electron chi connectivity index (χ2n) is 9.06. The van der Waals surface area contributed by atoms with Crippen LogP contribution in [0.3, 0.4) is 0 Å². The molecule has 0 saturated heterocycles. The van der Waals surface area contributed by atoms with Gasteiger partial charge in [0, 0.05) is 23.6 Å². The highest BCUT2D eigenvalue weighted by atomic mass is 19.1. The molecule has 1 N–H and O–H groups in total. The van der Waals surface area contributed by atoms with E-state index in [2.05, 4.69) is 5.32 Å². The van der Waals surface area contributed by atoms with E-state index < -0.39 is 11.6 Å². The van der Waals surface area contributed by atoms with Crippen molar-refractivity contribution in [2.45, 2.75) is 50.4 Å². The quantitative estimate of drug-likeness (QED) is 0.854. The summed E-state index contributed by atoms with van der Waals surface area (Å²) in [4.78, 5) is 0. The minimum absolute atomic E-state index is 0.187. The number of halogens is 2. The number of hydrogen-bond acceptors (Lipinski definition) is 2. The molecule has 0 unspecified atom stereocenters. The van der Waals surface area contributed by atoms with Crippen molar-refractivity contribution in [2.24, 2.45) is 17.8 Å². The lowest BCUT2D eigenvalue weighted by Crippen LogP contribution is -2.49. The lowest BCUT2D eigenvalue weighted by Gasteiger charge is -2.56. The summed E-state index contributed by atoms with van der Waals surface area (Å²) < 4.78 is 29.5. The molecule has 1 aromatic heterocycles. The lowest BCUT2D eigenvalue weighted by molar-refractivity contribution is -0.00770. The van der Waals surface area contributed by atoms with E-state index in [1.54, 1.807) is 4.68 Å². The standard InChI is InChI=1S/C21H23F2N3/c22-15-1-2-18(17(23)8-15)26-20-16(3-4-24-20)19(25-26)21-9-12-5-13(10-21)7-14(6-12)11-21/h1-2,8,12-14,24H,3-7,9-11H2. The van der Waals surface area contributed by atoms with Crippen molar-refractivity contribution in [3.05, 3.63) is 41.1 Å². The van der Waals surface area contributed by atoms with Gasteiger partial charge in [0.25, 0.3) is 0 Å². The molecule has 0 amide bonds. The summed E-state index contributed by atoms with van der Waals surface area (Å²) in [5.74, 6) is 2.35. The average Bonchev–Trinajstić information content (AvgIpc) is 3.16. The highest BCUT2D eigenvalue weighted by Crippen LogP contribution is 2.61. The van der Waals surface area contributed by atoms with E-state index in [9.17, 15) is 8.78 Å². The third-order valence-electron chi connectivity index (χ3n) is 7.33. The maximum absolute atomic E-state index is 14.4. The summed E-state index contributed by atoms with van der Waals surface area (Å²) in [7, 11) is 0. The zero-order chi connectivity index (χ0) is 17.5. The Labute approximate surface area is 151 Å². The van der Waals surface area contributed by atoms with Crippen molar-refractivity contribution < 1.29 is 8.78 Å². The molecule has 0 spiro atoms. The van der Waals surface area contributed by atoms with Gasteiger partial charge in [-0.3, -0.25) is 0 Å². The number of rotatable bonds is 2. The monoisotopic (exact) mass is 355 g/mol. The van der Waals surface area contributed by atoms with Crippen LogP contribution in [0, 0.1) is 29.4 Å². The Bertz CT molecular complexity index is 866. The molecule has 7 rings (SSSR count). The van der Waals surface area contributed by atoms with E-state index in [0.29, 0.717) is 5.69 Å². The molecule has 0 atom stereocenters. The molecular formula is C21H23F2N3. The number of hydrogen-bond donors (Lipinski definition) is 1. The molecule has 2 aromatic rings. The molecule has 5 aliphatic rings. The maximum Gasteiger partial charge on any atom is 0.151 e. The number of benzene rings is 1. The Morgan fingerprint density at radius 2 is 1.73 bits per heavy atom. The number of nitrogens with zero attached hydrogens (tertiary/aromatic N) is 2. The number of fused-ring (bicyclic) bond motifs is 1. The van der Waals surface area contributed by atoms with Gasteiger partial charge in [0.1, 0.15) is 17.3 Å². The summed E-state index contributed by atoms with van der Waals surface area (Å²) in [6.45, 7) is 0.870. The first-order chi connectivity index (χ1) is 12.6. The van der Waals surface area contributed by atoms with Crippen LogP contribution in [-0.2, 0) is 11.8 Å². The smallest absolute Gasteiger partial charge is 0.151 e. The Hall–Kier alpha value is -1.91. The second-order valence-corrected chi connectivity index (χ2v) is 9.06. The molecule has 4 aliphatic carbocycles. The minimum Gasteiger partial charge on any atom is -0.369 e. The van der Waals surface area contributed by atoms with E-state index >= 15 is 0 Å². The molecular weight excluding hydrogens is 332 g/mol. The number of anilines is 1. The lowest BCUT2D eigenvalue weighted by atomic mass is 9.48. The number of aromatic nitrogens is 2. The third-order valence-corrected chi connectivity index (χ3v) is 7.33. The third kappa shape index (κ3) is 2.00. The van der Waals surface area contributed by atoms with Gasteiger partial charge in [0.2, 0.25) is 0 Å². The largest absolute Gasteiger partial charge is 0.369 e. The van der Waals surface area contributed by atoms with Gasteiger partial charge < -0.3 is 5.32 Å². The molecule has 136 valence electrons. The fourth-order valence-corrected chi connectivity index (χ4v) is 6.83. The molecule has 4 bridgehead atoms. The van der Waals surface area contributed by atoms with E-state index in [1.807, 2.05) is 0 Å². The van der Waals surface area contributed by atoms with Gasteiger partial charge in [-0.15, -0.1) is 0 Å². The normalized spacial score (nSPS) is 34.2. The van der Waals surface area contributed by atoms with E-state index in [1.165, 1.54) is 61.9 Å². The van der Waals surface area contributed by atoms with Gasteiger partial charge in [-0.1, -0.05) is 0 Å². The summed E-state index contributed by atoms with van der Waals surface area (Å²) in [5, 5.41) is 8.38. The van der Waals surface area contributed by atoms with Crippen LogP contribution in [-0.4, -0.2) is 16.3 Å². The Kier molecular flexibility index (Phi) is 2.97. The first-order valence-corrected chi connectivity index (χ1v) is 9.93. The Balaban J connectivity index is 1.51. The van der Waals surface area contributed by atoms with Crippen LogP contribution in [0.4, 0.5) is 14.6 Å². The maximum atomic E-state index is 14.4. The van der Waals surface area contributed by atoms with Crippen LogP contribution in [0.2, 0.25) is 0 Å². The first-order valence-electron chi connectivity index (χ1n) is 9.93. The molecule has 26 heavy (non-hydrogen) atoms. The predicted octanol–water partition coefficient (Wildman–Crippen LogP) is 4.59. The minimum atomic E-state index is -0.555. The predicted molar refractivity (Wildman–Crippen MR) is 95.5 cm³/mol. The van der Waals surface area contributed by atoms with Gasteiger partial charge in [0.05, 0.1) is 5.69 Å². The topological polar surface area (TPSA) is 29.9 Å². The van der Waals surface area contributed by atoms with Crippen molar-refractivity contribution in [1.29, 1.82) is 0 Å². The highest BCUT2D eigenvalue weighted by Gasteiger charge is 2.54. The van der Waals surface area contributed by atoms with Crippen LogP contribution >= 0.6 is 0 Å². The van der Waals surface area contributed by atoms with Crippen LogP contribution in [0.5, 0.6) is 0 Å². The molecule has 4 fully saturated rings.